The average molecular weight is 277 g/mol. The molecule has 2 atom stereocenters. The fourth-order valence-corrected chi connectivity index (χ4v) is 4.13. The van der Waals surface area contributed by atoms with Crippen LogP contribution in [0.5, 0.6) is 0 Å². The molecule has 1 heterocycles. The Morgan fingerprint density at radius 2 is 2.16 bits per heavy atom. The van der Waals surface area contributed by atoms with Crippen molar-refractivity contribution in [1.29, 1.82) is 0 Å². The summed E-state index contributed by atoms with van der Waals surface area (Å²) in [6, 6.07) is 7.62. The highest BCUT2D eigenvalue weighted by atomic mass is 32.2. The van der Waals surface area contributed by atoms with Crippen LogP contribution in [0.4, 0.5) is 0 Å². The summed E-state index contributed by atoms with van der Waals surface area (Å²) in [4.78, 5) is 0. The van der Waals surface area contributed by atoms with Crippen molar-refractivity contribution in [3.05, 3.63) is 34.9 Å². The Balaban J connectivity index is 2.03. The van der Waals surface area contributed by atoms with E-state index in [-0.39, 0.29) is 0 Å². The van der Waals surface area contributed by atoms with E-state index in [0.717, 1.165) is 12.5 Å². The van der Waals surface area contributed by atoms with Crippen LogP contribution in [0.15, 0.2) is 18.2 Å². The van der Waals surface area contributed by atoms with Gasteiger partial charge in [0.1, 0.15) is 0 Å². The molecule has 2 heteroatoms. The van der Waals surface area contributed by atoms with Crippen molar-refractivity contribution in [2.45, 2.75) is 46.1 Å². The van der Waals surface area contributed by atoms with E-state index in [1.54, 1.807) is 0 Å². The van der Waals surface area contributed by atoms with E-state index in [1.165, 1.54) is 47.5 Å². The minimum Gasteiger partial charge on any atom is -0.313 e. The van der Waals surface area contributed by atoms with E-state index in [1.807, 2.05) is 0 Å². The van der Waals surface area contributed by atoms with Gasteiger partial charge in [0.25, 0.3) is 0 Å². The highest BCUT2D eigenvalue weighted by Crippen LogP contribution is 2.28. The molecule has 0 amide bonds. The monoisotopic (exact) mass is 277 g/mol. The van der Waals surface area contributed by atoms with Crippen molar-refractivity contribution in [3.63, 3.8) is 0 Å². The number of hydrogen-bond acceptors (Lipinski definition) is 2. The van der Waals surface area contributed by atoms with Gasteiger partial charge in [0.15, 0.2) is 0 Å². The lowest BCUT2D eigenvalue weighted by atomic mass is 9.91. The molecule has 0 spiro atoms. The molecule has 0 aliphatic carbocycles. The minimum atomic E-state index is 0.664. The highest BCUT2D eigenvalue weighted by Gasteiger charge is 2.25. The quantitative estimate of drug-likeness (QED) is 0.844. The number of thioether (sulfide) groups is 1. The van der Waals surface area contributed by atoms with Crippen molar-refractivity contribution in [2.24, 2.45) is 5.92 Å². The first-order chi connectivity index (χ1) is 9.20. The highest BCUT2D eigenvalue weighted by molar-refractivity contribution is 7.99. The van der Waals surface area contributed by atoms with E-state index >= 15 is 0 Å². The lowest BCUT2D eigenvalue weighted by Crippen LogP contribution is -2.38. The molecule has 1 aromatic carbocycles. The van der Waals surface area contributed by atoms with Gasteiger partial charge in [0.2, 0.25) is 0 Å². The van der Waals surface area contributed by atoms with Gasteiger partial charge in [-0.2, -0.15) is 11.8 Å². The van der Waals surface area contributed by atoms with Gasteiger partial charge >= 0.3 is 0 Å². The predicted octanol–water partition coefficient (Wildman–Crippen LogP) is 3.97. The molecular formula is C17H27NS. The molecule has 1 aliphatic rings. The fourth-order valence-electron chi connectivity index (χ4n) is 2.79. The summed E-state index contributed by atoms with van der Waals surface area (Å²) in [6.45, 7) is 7.82. The van der Waals surface area contributed by atoms with Crippen molar-refractivity contribution in [3.8, 4) is 0 Å². The van der Waals surface area contributed by atoms with Gasteiger partial charge in [-0.25, -0.2) is 0 Å². The van der Waals surface area contributed by atoms with Crippen LogP contribution in [0, 0.1) is 19.8 Å². The normalized spacial score (nSPS) is 20.7. The zero-order chi connectivity index (χ0) is 13.7. The van der Waals surface area contributed by atoms with Gasteiger partial charge in [0.05, 0.1) is 0 Å². The molecule has 1 fully saturated rings. The second kappa shape index (κ2) is 7.35. The molecule has 0 saturated carbocycles. The van der Waals surface area contributed by atoms with Crippen LogP contribution in [0.1, 0.15) is 36.5 Å². The molecular weight excluding hydrogens is 250 g/mol. The minimum absolute atomic E-state index is 0.664. The van der Waals surface area contributed by atoms with Crippen LogP contribution >= 0.6 is 11.8 Å². The third-order valence-electron chi connectivity index (χ3n) is 4.22. The fraction of sp³-hybridized carbons (Fsp3) is 0.647. The van der Waals surface area contributed by atoms with Crippen molar-refractivity contribution < 1.29 is 0 Å². The molecule has 1 N–H and O–H groups in total. The Kier molecular flexibility index (Phi) is 5.77. The number of nitrogens with one attached hydrogen (secondary N) is 1. The molecule has 0 radical (unpaired) electrons. The molecule has 0 bridgehead atoms. The van der Waals surface area contributed by atoms with Crippen molar-refractivity contribution >= 4 is 11.8 Å². The Bertz CT molecular complexity index is 396. The van der Waals surface area contributed by atoms with Crippen molar-refractivity contribution in [2.75, 3.05) is 18.1 Å². The summed E-state index contributed by atoms with van der Waals surface area (Å²) in [5, 5.41) is 3.78. The summed E-state index contributed by atoms with van der Waals surface area (Å²) < 4.78 is 0. The Hall–Kier alpha value is -0.470. The summed E-state index contributed by atoms with van der Waals surface area (Å²) in [5.41, 5.74) is 4.32. The van der Waals surface area contributed by atoms with Crippen LogP contribution in [0.2, 0.25) is 0 Å². The molecule has 19 heavy (non-hydrogen) atoms. The smallest absolute Gasteiger partial charge is 0.0144 e. The molecule has 2 rings (SSSR count). The number of hydrogen-bond donors (Lipinski definition) is 1. The maximum Gasteiger partial charge on any atom is 0.0144 e. The van der Waals surface area contributed by atoms with Crippen LogP contribution in [0.3, 0.4) is 0 Å². The third kappa shape index (κ3) is 4.25. The predicted molar refractivity (Wildman–Crippen MR) is 87.1 cm³/mol. The number of aryl methyl sites for hydroxylation is 2. The van der Waals surface area contributed by atoms with Crippen molar-refractivity contribution in [1.82, 2.24) is 5.32 Å². The zero-order valence-electron chi connectivity index (χ0n) is 12.5. The van der Waals surface area contributed by atoms with E-state index in [9.17, 15) is 0 Å². The van der Waals surface area contributed by atoms with E-state index in [4.69, 9.17) is 0 Å². The van der Waals surface area contributed by atoms with Crippen LogP contribution in [-0.2, 0) is 6.42 Å². The van der Waals surface area contributed by atoms with Gasteiger partial charge in [-0.1, -0.05) is 25.1 Å². The summed E-state index contributed by atoms with van der Waals surface area (Å²) in [6.07, 6.45) is 3.80. The average Bonchev–Trinajstić information content (AvgIpc) is 2.92. The lowest BCUT2D eigenvalue weighted by Gasteiger charge is -2.24. The zero-order valence-corrected chi connectivity index (χ0v) is 13.4. The topological polar surface area (TPSA) is 12.0 Å². The molecule has 0 aromatic heterocycles. The van der Waals surface area contributed by atoms with Gasteiger partial charge in [0, 0.05) is 6.04 Å². The maximum atomic E-state index is 3.78. The van der Waals surface area contributed by atoms with Gasteiger partial charge in [-0.15, -0.1) is 0 Å². The first-order valence-electron chi connectivity index (χ1n) is 7.58. The Morgan fingerprint density at radius 3 is 2.79 bits per heavy atom. The van der Waals surface area contributed by atoms with Gasteiger partial charge in [-0.05, 0) is 73.8 Å². The first-order valence-corrected chi connectivity index (χ1v) is 8.73. The SMILES string of the molecule is CCCNC(Cc1ccc(C)c(C)c1)C1CCSC1. The van der Waals surface area contributed by atoms with E-state index in [2.05, 4.69) is 56.0 Å². The van der Waals surface area contributed by atoms with Gasteiger partial charge in [-0.3, -0.25) is 0 Å². The molecule has 1 nitrogen and oxygen atoms in total. The van der Waals surface area contributed by atoms with E-state index in [0.29, 0.717) is 6.04 Å². The second-order valence-electron chi connectivity index (χ2n) is 5.81. The molecule has 1 saturated heterocycles. The Morgan fingerprint density at radius 1 is 1.32 bits per heavy atom. The lowest BCUT2D eigenvalue weighted by molar-refractivity contribution is 0.380. The standard InChI is InChI=1S/C17H27NS/c1-4-8-18-17(16-7-9-19-12-16)11-15-6-5-13(2)14(3)10-15/h5-6,10,16-18H,4,7-9,11-12H2,1-3H3. The van der Waals surface area contributed by atoms with Crippen LogP contribution < -0.4 is 5.32 Å². The van der Waals surface area contributed by atoms with Crippen LogP contribution in [-0.4, -0.2) is 24.1 Å². The molecule has 2 unspecified atom stereocenters. The number of rotatable bonds is 6. The Labute approximate surface area is 122 Å². The summed E-state index contributed by atoms with van der Waals surface area (Å²) in [5.74, 6) is 3.55. The number of benzene rings is 1. The summed E-state index contributed by atoms with van der Waals surface area (Å²) in [7, 11) is 0. The third-order valence-corrected chi connectivity index (χ3v) is 5.41. The maximum absolute atomic E-state index is 3.78. The second-order valence-corrected chi connectivity index (χ2v) is 6.96. The van der Waals surface area contributed by atoms with E-state index < -0.39 is 0 Å². The van der Waals surface area contributed by atoms with Gasteiger partial charge < -0.3 is 5.32 Å². The molecule has 106 valence electrons. The van der Waals surface area contributed by atoms with Crippen LogP contribution in [0.25, 0.3) is 0 Å². The molecule has 1 aliphatic heterocycles. The molecule has 1 aromatic rings. The first kappa shape index (κ1) is 14.9. The largest absolute Gasteiger partial charge is 0.313 e. The summed E-state index contributed by atoms with van der Waals surface area (Å²) >= 11 is 2.12.